The third kappa shape index (κ3) is 3.29. The third-order valence-electron chi connectivity index (χ3n) is 5.89. The number of nitrogen functional groups attached to an aromatic ring is 1. The number of fused-ring (bicyclic) bond motifs is 3. The maximum atomic E-state index is 12.8. The number of carbonyl (C=O) groups excluding carboxylic acids is 1. The number of hydrogen-bond acceptors (Lipinski definition) is 4. The average molecular weight is 386 g/mol. The predicted octanol–water partition coefficient (Wildman–Crippen LogP) is 3.02. The zero-order chi connectivity index (χ0) is 16.8. The van der Waals surface area contributed by atoms with E-state index >= 15 is 0 Å². The van der Waals surface area contributed by atoms with Crippen LogP contribution in [-0.2, 0) is 6.42 Å². The van der Waals surface area contributed by atoms with Crippen LogP contribution in [-0.4, -0.2) is 42.6 Å². The Hall–Kier alpha value is -1.17. The summed E-state index contributed by atoms with van der Waals surface area (Å²) in [5.41, 5.74) is 7.94. The van der Waals surface area contributed by atoms with E-state index in [9.17, 15) is 4.79 Å². The van der Waals surface area contributed by atoms with Crippen molar-refractivity contribution < 1.29 is 9.53 Å². The van der Waals surface area contributed by atoms with Crippen LogP contribution in [0.3, 0.4) is 0 Å². The van der Waals surface area contributed by atoms with Crippen molar-refractivity contribution >= 4 is 35.6 Å². The number of ether oxygens (including phenoxy) is 1. The van der Waals surface area contributed by atoms with Crippen LogP contribution < -0.4 is 15.8 Å². The summed E-state index contributed by atoms with van der Waals surface area (Å²) >= 11 is 6.21. The second kappa shape index (κ2) is 7.22. The fourth-order valence-corrected chi connectivity index (χ4v) is 4.76. The maximum absolute atomic E-state index is 12.8. The fourth-order valence-electron chi connectivity index (χ4n) is 4.53. The van der Waals surface area contributed by atoms with E-state index in [4.69, 9.17) is 22.1 Å². The highest BCUT2D eigenvalue weighted by atomic mass is 35.5. The first-order valence-corrected chi connectivity index (χ1v) is 9.19. The summed E-state index contributed by atoms with van der Waals surface area (Å²) in [6, 6.07) is 3.03. The van der Waals surface area contributed by atoms with Crippen LogP contribution in [0.2, 0.25) is 5.02 Å². The Balaban J connectivity index is 0.00000182. The topological polar surface area (TPSA) is 67.6 Å². The van der Waals surface area contributed by atoms with Gasteiger partial charge in [0.05, 0.1) is 22.9 Å². The second-order valence-electron chi connectivity index (χ2n) is 7.27. The van der Waals surface area contributed by atoms with E-state index in [-0.39, 0.29) is 24.4 Å². The second-order valence-corrected chi connectivity index (χ2v) is 7.68. The first-order chi connectivity index (χ1) is 11.5. The molecule has 3 atom stereocenters. The van der Waals surface area contributed by atoms with Crippen LogP contribution >= 0.6 is 24.0 Å². The molecule has 3 heterocycles. The Morgan fingerprint density at radius 3 is 2.72 bits per heavy atom. The summed E-state index contributed by atoms with van der Waals surface area (Å²) in [6.45, 7) is 0.554. The highest BCUT2D eigenvalue weighted by Gasteiger charge is 2.37. The lowest BCUT2D eigenvalue weighted by molar-refractivity contribution is 0.0462. The molecule has 7 heteroatoms. The quantitative estimate of drug-likeness (QED) is 0.767. The Kier molecular flexibility index (Phi) is 5.37. The molecular weight excluding hydrogens is 361 g/mol. The van der Waals surface area contributed by atoms with Crippen molar-refractivity contribution in [3.05, 3.63) is 22.2 Å². The molecule has 3 aliphatic rings. The van der Waals surface area contributed by atoms with E-state index < -0.39 is 0 Å². The van der Waals surface area contributed by atoms with Gasteiger partial charge in [-0.25, -0.2) is 0 Å². The molecule has 4 rings (SSSR count). The normalized spacial score (nSPS) is 27.8. The van der Waals surface area contributed by atoms with E-state index in [1.807, 2.05) is 0 Å². The van der Waals surface area contributed by atoms with Gasteiger partial charge in [-0.05, 0) is 38.8 Å². The minimum Gasteiger partial charge on any atom is -0.492 e. The lowest BCUT2D eigenvalue weighted by atomic mass is 9.82. The summed E-state index contributed by atoms with van der Waals surface area (Å²) in [5, 5.41) is 3.65. The summed E-state index contributed by atoms with van der Waals surface area (Å²) in [5.74, 6) is 0.519. The molecule has 3 aliphatic heterocycles. The van der Waals surface area contributed by atoms with Crippen LogP contribution in [0, 0.1) is 0 Å². The van der Waals surface area contributed by atoms with Crippen LogP contribution in [0.5, 0.6) is 5.75 Å². The molecule has 25 heavy (non-hydrogen) atoms. The first-order valence-electron chi connectivity index (χ1n) is 8.81. The van der Waals surface area contributed by atoms with Crippen LogP contribution in [0.15, 0.2) is 6.07 Å². The van der Waals surface area contributed by atoms with Crippen molar-refractivity contribution in [2.45, 2.75) is 56.7 Å². The first kappa shape index (κ1) is 18.6. The van der Waals surface area contributed by atoms with Gasteiger partial charge in [-0.3, -0.25) is 4.79 Å². The van der Waals surface area contributed by atoms with E-state index in [0.717, 1.165) is 18.4 Å². The number of nitrogens with one attached hydrogen (secondary N) is 1. The molecule has 1 aromatic carbocycles. The number of hydrogen-bond donors (Lipinski definition) is 2. The van der Waals surface area contributed by atoms with E-state index in [1.54, 1.807) is 6.07 Å². The molecule has 0 unspecified atom stereocenters. The van der Waals surface area contributed by atoms with E-state index in [2.05, 4.69) is 17.3 Å². The molecule has 0 saturated carbocycles. The molecule has 3 N–H and O–H groups in total. The number of piperidine rings is 2. The van der Waals surface area contributed by atoms with Gasteiger partial charge in [0, 0.05) is 30.1 Å². The number of nitrogens with two attached hydrogens (primary N) is 1. The number of benzene rings is 1. The molecule has 0 spiro atoms. The molecule has 5 nitrogen and oxygen atoms in total. The Labute approximate surface area is 159 Å². The number of anilines is 1. The largest absolute Gasteiger partial charge is 0.492 e. The Bertz CT molecular complexity index is 669. The van der Waals surface area contributed by atoms with Crippen molar-refractivity contribution in [3.63, 3.8) is 0 Å². The molecule has 2 bridgehead atoms. The minimum absolute atomic E-state index is 0. The summed E-state index contributed by atoms with van der Waals surface area (Å²) in [6.07, 6.45) is 6.50. The number of halogens is 2. The van der Waals surface area contributed by atoms with Crippen LogP contribution in [0.25, 0.3) is 0 Å². The van der Waals surface area contributed by atoms with Gasteiger partial charge >= 0.3 is 0 Å². The number of carbonyl (C=O) groups is 1. The van der Waals surface area contributed by atoms with E-state index in [0.29, 0.717) is 47.1 Å². The van der Waals surface area contributed by atoms with Crippen molar-refractivity contribution in [3.8, 4) is 5.75 Å². The lowest BCUT2D eigenvalue weighted by Gasteiger charge is -2.47. The van der Waals surface area contributed by atoms with Gasteiger partial charge in [0.2, 0.25) is 0 Å². The molecule has 0 aliphatic carbocycles. The zero-order valence-corrected chi connectivity index (χ0v) is 16.0. The molecule has 1 amide bonds. The Morgan fingerprint density at radius 2 is 2.04 bits per heavy atom. The van der Waals surface area contributed by atoms with Gasteiger partial charge in [-0.1, -0.05) is 18.0 Å². The lowest BCUT2D eigenvalue weighted by Crippen LogP contribution is -2.55. The monoisotopic (exact) mass is 385 g/mol. The molecule has 1 aromatic rings. The van der Waals surface area contributed by atoms with Crippen molar-refractivity contribution in [1.82, 2.24) is 10.2 Å². The SMILES string of the molecule is CN1[C@@H]2CCC[C@H]1C[C@@H](NC(=O)c1cc(Cl)c(N)c3c1OCC3)C2.Cl. The highest BCUT2D eigenvalue weighted by molar-refractivity contribution is 6.33. The smallest absolute Gasteiger partial charge is 0.255 e. The minimum atomic E-state index is -0.0947. The van der Waals surface area contributed by atoms with Gasteiger partial charge < -0.3 is 20.7 Å². The van der Waals surface area contributed by atoms with Crippen molar-refractivity contribution in [2.24, 2.45) is 0 Å². The molecule has 138 valence electrons. The summed E-state index contributed by atoms with van der Waals surface area (Å²) < 4.78 is 5.66. The predicted molar refractivity (Wildman–Crippen MR) is 102 cm³/mol. The molecule has 0 radical (unpaired) electrons. The van der Waals surface area contributed by atoms with Gasteiger partial charge in [0.15, 0.2) is 0 Å². The van der Waals surface area contributed by atoms with E-state index in [1.165, 1.54) is 19.3 Å². The standard InChI is InChI=1S/C18H24ClN3O2.ClH/c1-22-11-3-2-4-12(22)8-10(7-11)21-18(23)14-9-15(19)16(20)13-5-6-24-17(13)14;/h9-12H,2-8,20H2,1H3,(H,21,23);1H/t10-,11+,12-;. The highest BCUT2D eigenvalue weighted by Crippen LogP contribution is 2.39. The number of rotatable bonds is 2. The fraction of sp³-hybridized carbons (Fsp3) is 0.611. The molecule has 2 saturated heterocycles. The maximum Gasteiger partial charge on any atom is 0.255 e. The third-order valence-corrected chi connectivity index (χ3v) is 6.20. The van der Waals surface area contributed by atoms with Gasteiger partial charge in [-0.15, -0.1) is 12.4 Å². The number of amides is 1. The molecule has 2 fully saturated rings. The van der Waals surface area contributed by atoms with Crippen molar-refractivity contribution in [2.75, 3.05) is 19.4 Å². The van der Waals surface area contributed by atoms with Gasteiger partial charge in [0.25, 0.3) is 5.91 Å². The zero-order valence-electron chi connectivity index (χ0n) is 14.4. The Morgan fingerprint density at radius 1 is 1.36 bits per heavy atom. The summed E-state index contributed by atoms with van der Waals surface area (Å²) in [7, 11) is 2.22. The van der Waals surface area contributed by atoms with Gasteiger partial charge in [-0.2, -0.15) is 0 Å². The molecule has 0 aromatic heterocycles. The van der Waals surface area contributed by atoms with Crippen LogP contribution in [0.4, 0.5) is 5.69 Å². The number of nitrogens with zero attached hydrogens (tertiary/aromatic N) is 1. The average Bonchev–Trinajstić information content (AvgIpc) is 3.01. The van der Waals surface area contributed by atoms with Gasteiger partial charge in [0.1, 0.15) is 5.75 Å². The molecular formula is C18H25Cl2N3O2. The van der Waals surface area contributed by atoms with Crippen LogP contribution in [0.1, 0.15) is 48.0 Å². The summed E-state index contributed by atoms with van der Waals surface area (Å²) in [4.78, 5) is 15.3. The van der Waals surface area contributed by atoms with Crippen molar-refractivity contribution in [1.29, 1.82) is 0 Å².